The van der Waals surface area contributed by atoms with Crippen LogP contribution in [0.15, 0.2) is 9.37 Å². The largest absolute Gasteiger partial charge is 0.383 e. The third-order valence-corrected chi connectivity index (χ3v) is 5.29. The number of nitrogen functional groups attached to an aromatic ring is 1. The summed E-state index contributed by atoms with van der Waals surface area (Å²) in [5.74, 6) is 1.93. The van der Waals surface area contributed by atoms with E-state index in [1.54, 1.807) is 11.3 Å². The highest BCUT2D eigenvalue weighted by atomic mass is 32.2. The quantitative estimate of drug-likeness (QED) is 0.868. The Kier molecular flexibility index (Phi) is 3.51. The maximum Gasteiger partial charge on any atom is 0.208 e. The van der Waals surface area contributed by atoms with Crippen LogP contribution in [0.5, 0.6) is 0 Å². The number of nitrogens with zero attached hydrogens (tertiary/aromatic N) is 5. The minimum Gasteiger partial charge on any atom is -0.383 e. The van der Waals surface area contributed by atoms with E-state index in [1.807, 2.05) is 25.9 Å². The average molecular weight is 308 g/mol. The second-order valence-electron chi connectivity index (χ2n) is 5.02. The lowest BCUT2D eigenvalue weighted by Crippen LogP contribution is -2.07. The topological polar surface area (TPSA) is 80.8 Å². The Morgan fingerprint density at radius 3 is 2.60 bits per heavy atom. The van der Waals surface area contributed by atoms with E-state index in [9.17, 15) is 0 Å². The van der Waals surface area contributed by atoms with Crippen molar-refractivity contribution in [3.8, 4) is 0 Å². The number of aromatic nitrogens is 4. The summed E-state index contributed by atoms with van der Waals surface area (Å²) in [6, 6.07) is 0. The van der Waals surface area contributed by atoms with Gasteiger partial charge in [-0.1, -0.05) is 11.3 Å². The van der Waals surface area contributed by atoms with Gasteiger partial charge in [0.1, 0.15) is 16.7 Å². The molecule has 1 aliphatic rings. The van der Waals surface area contributed by atoms with E-state index in [1.165, 1.54) is 11.8 Å². The van der Waals surface area contributed by atoms with Gasteiger partial charge in [0.2, 0.25) is 5.13 Å². The smallest absolute Gasteiger partial charge is 0.208 e. The van der Waals surface area contributed by atoms with E-state index < -0.39 is 0 Å². The van der Waals surface area contributed by atoms with Crippen LogP contribution in [0.3, 0.4) is 0 Å². The molecule has 0 radical (unpaired) electrons. The molecule has 0 saturated heterocycles. The fraction of sp³-hybridized carbons (Fsp3) is 0.500. The molecule has 1 saturated carbocycles. The molecule has 6 nitrogen and oxygen atoms in total. The molecule has 3 rings (SSSR count). The van der Waals surface area contributed by atoms with Gasteiger partial charge in [-0.3, -0.25) is 0 Å². The van der Waals surface area contributed by atoms with Crippen LogP contribution in [-0.2, 0) is 0 Å². The second kappa shape index (κ2) is 5.17. The van der Waals surface area contributed by atoms with Gasteiger partial charge in [-0.05, 0) is 31.5 Å². The van der Waals surface area contributed by atoms with Crippen molar-refractivity contribution in [2.24, 2.45) is 0 Å². The molecule has 2 heterocycles. The van der Waals surface area contributed by atoms with Gasteiger partial charge in [0, 0.05) is 25.6 Å². The van der Waals surface area contributed by atoms with Crippen LogP contribution in [0.1, 0.15) is 30.1 Å². The van der Waals surface area contributed by atoms with Crippen LogP contribution >= 0.6 is 23.1 Å². The minimum atomic E-state index is 0.490. The van der Waals surface area contributed by atoms with Gasteiger partial charge in [0.25, 0.3) is 0 Å². The molecule has 2 N–H and O–H groups in total. The zero-order valence-electron chi connectivity index (χ0n) is 11.6. The molecule has 106 valence electrons. The first kappa shape index (κ1) is 13.6. The Bertz CT molecular complexity index is 635. The molecule has 8 heteroatoms. The molecule has 0 unspecified atom stereocenters. The van der Waals surface area contributed by atoms with Crippen molar-refractivity contribution >= 4 is 34.0 Å². The summed E-state index contributed by atoms with van der Waals surface area (Å²) in [4.78, 5) is 11.0. The predicted octanol–water partition coefficient (Wildman–Crippen LogP) is 2.31. The third kappa shape index (κ3) is 2.71. The first-order chi connectivity index (χ1) is 9.54. The molecule has 2 aromatic heterocycles. The van der Waals surface area contributed by atoms with Crippen molar-refractivity contribution in [1.29, 1.82) is 0 Å². The van der Waals surface area contributed by atoms with Gasteiger partial charge in [0.05, 0.1) is 0 Å². The second-order valence-corrected chi connectivity index (χ2v) is 7.21. The molecule has 0 aromatic carbocycles. The van der Waals surface area contributed by atoms with E-state index in [0.717, 1.165) is 38.7 Å². The predicted molar refractivity (Wildman–Crippen MR) is 81.5 cm³/mol. The molecule has 1 aliphatic carbocycles. The molecule has 0 bridgehead atoms. The lowest BCUT2D eigenvalue weighted by molar-refractivity contribution is 0.867. The fourth-order valence-corrected chi connectivity index (χ4v) is 3.43. The highest BCUT2D eigenvalue weighted by Gasteiger charge is 2.28. The van der Waals surface area contributed by atoms with E-state index in [2.05, 4.69) is 20.2 Å². The first-order valence-electron chi connectivity index (χ1n) is 6.37. The average Bonchev–Trinajstić information content (AvgIpc) is 3.14. The zero-order valence-corrected chi connectivity index (χ0v) is 13.3. The first-order valence-corrected chi connectivity index (χ1v) is 8.00. The van der Waals surface area contributed by atoms with Gasteiger partial charge in [0.15, 0.2) is 4.34 Å². The summed E-state index contributed by atoms with van der Waals surface area (Å²) in [6.45, 7) is 1.95. The van der Waals surface area contributed by atoms with Crippen LogP contribution in [-0.4, -0.2) is 34.3 Å². The molecule has 20 heavy (non-hydrogen) atoms. The summed E-state index contributed by atoms with van der Waals surface area (Å²) in [7, 11) is 3.90. The number of hydrogen-bond donors (Lipinski definition) is 1. The summed E-state index contributed by atoms with van der Waals surface area (Å²) in [5.41, 5.74) is 6.91. The Labute approximate surface area is 125 Å². The SMILES string of the molecule is Cc1c(N)nc(C2CC2)nc1Sc1nnc(N(C)C)s1. The Morgan fingerprint density at radius 1 is 1.25 bits per heavy atom. The molecule has 0 spiro atoms. The Hall–Kier alpha value is -1.41. The van der Waals surface area contributed by atoms with Gasteiger partial charge in [-0.25, -0.2) is 9.97 Å². The van der Waals surface area contributed by atoms with Gasteiger partial charge in [-0.2, -0.15) is 0 Å². The van der Waals surface area contributed by atoms with E-state index in [0.29, 0.717) is 11.7 Å². The van der Waals surface area contributed by atoms with Crippen LogP contribution in [0.4, 0.5) is 10.9 Å². The van der Waals surface area contributed by atoms with Crippen LogP contribution < -0.4 is 10.6 Å². The third-order valence-electron chi connectivity index (χ3n) is 3.06. The van der Waals surface area contributed by atoms with Crippen molar-refractivity contribution < 1.29 is 0 Å². The van der Waals surface area contributed by atoms with Crippen LogP contribution in [0, 0.1) is 6.92 Å². The highest BCUT2D eigenvalue weighted by Crippen LogP contribution is 2.41. The molecule has 0 aliphatic heterocycles. The Balaban J connectivity index is 1.88. The van der Waals surface area contributed by atoms with E-state index in [-0.39, 0.29) is 0 Å². The maximum atomic E-state index is 5.99. The van der Waals surface area contributed by atoms with Gasteiger partial charge < -0.3 is 10.6 Å². The summed E-state index contributed by atoms with van der Waals surface area (Å²) >= 11 is 3.06. The zero-order chi connectivity index (χ0) is 14.3. The maximum absolute atomic E-state index is 5.99. The minimum absolute atomic E-state index is 0.490. The van der Waals surface area contributed by atoms with Gasteiger partial charge >= 0.3 is 0 Å². The van der Waals surface area contributed by atoms with Crippen molar-refractivity contribution in [1.82, 2.24) is 20.2 Å². The molecule has 2 aromatic rings. The molecular formula is C12H16N6S2. The van der Waals surface area contributed by atoms with E-state index in [4.69, 9.17) is 5.73 Å². The van der Waals surface area contributed by atoms with Crippen molar-refractivity contribution in [3.63, 3.8) is 0 Å². The lowest BCUT2D eigenvalue weighted by Gasteiger charge is -2.07. The lowest BCUT2D eigenvalue weighted by atomic mass is 10.3. The Morgan fingerprint density at radius 2 is 2.00 bits per heavy atom. The summed E-state index contributed by atoms with van der Waals surface area (Å²) in [5, 5.41) is 10.1. The van der Waals surface area contributed by atoms with Crippen molar-refractivity contribution in [3.05, 3.63) is 11.4 Å². The van der Waals surface area contributed by atoms with Crippen LogP contribution in [0.2, 0.25) is 0 Å². The normalized spacial score (nSPS) is 14.6. The van der Waals surface area contributed by atoms with Crippen molar-refractivity contribution in [2.75, 3.05) is 24.7 Å². The van der Waals surface area contributed by atoms with E-state index >= 15 is 0 Å². The monoisotopic (exact) mass is 308 g/mol. The number of anilines is 2. The van der Waals surface area contributed by atoms with Crippen molar-refractivity contribution in [2.45, 2.75) is 35.0 Å². The highest BCUT2D eigenvalue weighted by molar-refractivity contribution is 8.01. The number of nitrogens with two attached hydrogens (primary N) is 1. The van der Waals surface area contributed by atoms with Gasteiger partial charge in [-0.15, -0.1) is 10.2 Å². The summed E-state index contributed by atoms with van der Waals surface area (Å²) < 4.78 is 0.872. The molecular weight excluding hydrogens is 292 g/mol. The molecule has 0 atom stereocenters. The number of rotatable bonds is 4. The molecule has 1 fully saturated rings. The molecule has 0 amide bonds. The number of hydrogen-bond acceptors (Lipinski definition) is 8. The standard InChI is InChI=1S/C12H16N6S2/c1-6-8(13)14-9(7-4-5-7)15-10(6)19-12-17-16-11(20-12)18(2)3/h7H,4-5H2,1-3H3,(H2,13,14,15). The summed E-state index contributed by atoms with van der Waals surface area (Å²) in [6.07, 6.45) is 2.33. The van der Waals surface area contributed by atoms with Crippen LogP contribution in [0.25, 0.3) is 0 Å². The fourth-order valence-electron chi connectivity index (χ4n) is 1.66.